The van der Waals surface area contributed by atoms with Gasteiger partial charge in [-0.05, 0) is 31.9 Å². The van der Waals surface area contributed by atoms with E-state index in [0.29, 0.717) is 0 Å². The summed E-state index contributed by atoms with van der Waals surface area (Å²) < 4.78 is 0. The Bertz CT molecular complexity index is 277. The number of nitrogens with zero attached hydrogens (tertiary/aromatic N) is 1. The molecule has 0 unspecified atom stereocenters. The normalized spacial score (nSPS) is 13.5. The molecule has 13 heavy (non-hydrogen) atoms. The van der Waals surface area contributed by atoms with Gasteiger partial charge in [-0.1, -0.05) is 31.4 Å². The van der Waals surface area contributed by atoms with Gasteiger partial charge in [0.2, 0.25) is 0 Å². The predicted molar refractivity (Wildman–Crippen MR) is 61.0 cm³/mol. The molecular formula is C12H17N. The molecule has 0 aliphatic heterocycles. The lowest BCUT2D eigenvalue weighted by atomic mass is 10.1. The molecule has 0 rings (SSSR count). The van der Waals surface area contributed by atoms with Crippen LogP contribution in [-0.2, 0) is 0 Å². The van der Waals surface area contributed by atoms with Gasteiger partial charge in [0.25, 0.3) is 0 Å². The molecule has 0 spiro atoms. The second kappa shape index (κ2) is 6.18. The highest BCUT2D eigenvalue weighted by Crippen LogP contribution is 2.15. The SMILES string of the molecule is C=C/C=C\C(C(=C)C)=C(/C)N=CC. The average Bonchev–Trinajstić information content (AvgIpc) is 2.05. The Balaban J connectivity index is 4.98. The van der Waals surface area contributed by atoms with Gasteiger partial charge in [-0.2, -0.15) is 0 Å². The highest BCUT2D eigenvalue weighted by Gasteiger charge is 1.96. The molecule has 0 aromatic carbocycles. The van der Waals surface area contributed by atoms with E-state index in [1.54, 1.807) is 12.3 Å². The molecule has 0 amide bonds. The van der Waals surface area contributed by atoms with Crippen LogP contribution in [0.3, 0.4) is 0 Å². The lowest BCUT2D eigenvalue weighted by Crippen LogP contribution is -1.84. The van der Waals surface area contributed by atoms with Crippen molar-refractivity contribution in [2.24, 2.45) is 4.99 Å². The van der Waals surface area contributed by atoms with Crippen molar-refractivity contribution in [3.05, 3.63) is 48.2 Å². The van der Waals surface area contributed by atoms with Gasteiger partial charge >= 0.3 is 0 Å². The first kappa shape index (κ1) is 11.6. The number of rotatable bonds is 4. The summed E-state index contributed by atoms with van der Waals surface area (Å²) in [4.78, 5) is 4.21. The van der Waals surface area contributed by atoms with E-state index in [0.717, 1.165) is 16.8 Å². The molecular weight excluding hydrogens is 158 g/mol. The monoisotopic (exact) mass is 175 g/mol. The average molecular weight is 175 g/mol. The van der Waals surface area contributed by atoms with Crippen molar-refractivity contribution in [2.75, 3.05) is 0 Å². The Hall–Kier alpha value is -1.37. The van der Waals surface area contributed by atoms with Crippen LogP contribution in [0.1, 0.15) is 20.8 Å². The summed E-state index contributed by atoms with van der Waals surface area (Å²) in [7, 11) is 0. The zero-order valence-corrected chi connectivity index (χ0v) is 8.67. The minimum Gasteiger partial charge on any atom is -0.266 e. The molecule has 0 fully saturated rings. The van der Waals surface area contributed by atoms with Crippen LogP contribution in [0.25, 0.3) is 0 Å². The molecule has 0 saturated carbocycles. The van der Waals surface area contributed by atoms with E-state index in [9.17, 15) is 0 Å². The van der Waals surface area contributed by atoms with Gasteiger partial charge < -0.3 is 0 Å². The molecule has 0 aromatic rings. The lowest BCUT2D eigenvalue weighted by molar-refractivity contribution is 1.24. The van der Waals surface area contributed by atoms with Crippen molar-refractivity contribution in [1.29, 1.82) is 0 Å². The van der Waals surface area contributed by atoms with Crippen LogP contribution < -0.4 is 0 Å². The summed E-state index contributed by atoms with van der Waals surface area (Å²) in [5.74, 6) is 0. The van der Waals surface area contributed by atoms with Crippen LogP contribution in [0.5, 0.6) is 0 Å². The topological polar surface area (TPSA) is 12.4 Å². The molecule has 0 bridgehead atoms. The molecule has 70 valence electrons. The quantitative estimate of drug-likeness (QED) is 0.456. The van der Waals surface area contributed by atoms with Gasteiger partial charge in [0, 0.05) is 11.9 Å². The van der Waals surface area contributed by atoms with E-state index in [1.165, 1.54) is 0 Å². The first-order valence-electron chi connectivity index (χ1n) is 4.28. The lowest BCUT2D eigenvalue weighted by Gasteiger charge is -2.02. The summed E-state index contributed by atoms with van der Waals surface area (Å²) in [6, 6.07) is 0. The molecule has 0 heterocycles. The maximum Gasteiger partial charge on any atom is 0.0443 e. The Morgan fingerprint density at radius 2 is 1.92 bits per heavy atom. The van der Waals surface area contributed by atoms with Crippen molar-refractivity contribution < 1.29 is 0 Å². The van der Waals surface area contributed by atoms with Gasteiger partial charge in [-0.25, -0.2) is 0 Å². The summed E-state index contributed by atoms with van der Waals surface area (Å²) >= 11 is 0. The fraction of sp³-hybridized carbons (Fsp3) is 0.250. The summed E-state index contributed by atoms with van der Waals surface area (Å²) in [5, 5.41) is 0. The number of hydrogen-bond donors (Lipinski definition) is 0. The van der Waals surface area contributed by atoms with Crippen LogP contribution >= 0.6 is 0 Å². The van der Waals surface area contributed by atoms with Crippen LogP contribution in [0.2, 0.25) is 0 Å². The van der Waals surface area contributed by atoms with E-state index in [2.05, 4.69) is 18.2 Å². The fourth-order valence-electron chi connectivity index (χ4n) is 0.999. The van der Waals surface area contributed by atoms with Crippen LogP contribution in [0, 0.1) is 0 Å². The van der Waals surface area contributed by atoms with Gasteiger partial charge in [0.1, 0.15) is 0 Å². The molecule has 0 atom stereocenters. The molecule has 0 aliphatic carbocycles. The van der Waals surface area contributed by atoms with Crippen molar-refractivity contribution >= 4 is 6.21 Å². The first-order chi connectivity index (χ1) is 6.13. The molecule has 1 heteroatoms. The van der Waals surface area contributed by atoms with Gasteiger partial charge in [0.15, 0.2) is 0 Å². The second-order valence-corrected chi connectivity index (χ2v) is 2.76. The third-order valence-corrected chi connectivity index (χ3v) is 1.57. The summed E-state index contributed by atoms with van der Waals surface area (Å²) in [6.07, 6.45) is 7.38. The van der Waals surface area contributed by atoms with E-state index < -0.39 is 0 Å². The van der Waals surface area contributed by atoms with Crippen LogP contribution in [-0.4, -0.2) is 6.21 Å². The van der Waals surface area contributed by atoms with Crippen molar-refractivity contribution in [1.82, 2.24) is 0 Å². The molecule has 1 nitrogen and oxygen atoms in total. The Kier molecular flexibility index (Phi) is 5.53. The first-order valence-corrected chi connectivity index (χ1v) is 4.28. The van der Waals surface area contributed by atoms with Crippen LogP contribution in [0.4, 0.5) is 0 Å². The summed E-state index contributed by atoms with van der Waals surface area (Å²) in [5.41, 5.74) is 3.06. The Morgan fingerprint density at radius 1 is 1.31 bits per heavy atom. The highest BCUT2D eigenvalue weighted by molar-refractivity contribution is 5.56. The van der Waals surface area contributed by atoms with E-state index >= 15 is 0 Å². The molecule has 0 radical (unpaired) electrons. The van der Waals surface area contributed by atoms with Gasteiger partial charge in [-0.3, -0.25) is 4.99 Å². The zero-order chi connectivity index (χ0) is 10.3. The number of hydrogen-bond acceptors (Lipinski definition) is 1. The van der Waals surface area contributed by atoms with Crippen molar-refractivity contribution in [2.45, 2.75) is 20.8 Å². The smallest absolute Gasteiger partial charge is 0.0443 e. The fourth-order valence-corrected chi connectivity index (χ4v) is 0.999. The standard InChI is InChI=1S/C12H17N/c1-6-8-9-12(10(3)4)11(5)13-7-2/h6-9H,1,3H2,2,4-5H3/b9-8-,12-11-,13-7?. The minimum absolute atomic E-state index is 0.980. The largest absolute Gasteiger partial charge is 0.266 e. The number of aliphatic imine (C=N–C) groups is 1. The Labute approximate surface area is 80.9 Å². The summed E-state index contributed by atoms with van der Waals surface area (Å²) in [6.45, 7) is 13.4. The highest BCUT2D eigenvalue weighted by atomic mass is 14.7. The van der Waals surface area contributed by atoms with Gasteiger partial charge in [-0.15, -0.1) is 0 Å². The number of allylic oxidation sites excluding steroid dienone is 6. The predicted octanol–water partition coefficient (Wildman–Crippen LogP) is 3.67. The molecule has 0 aromatic heterocycles. The second-order valence-electron chi connectivity index (χ2n) is 2.76. The van der Waals surface area contributed by atoms with Crippen LogP contribution in [0.15, 0.2) is 53.2 Å². The van der Waals surface area contributed by atoms with Crippen molar-refractivity contribution in [3.63, 3.8) is 0 Å². The molecule has 0 aliphatic rings. The minimum atomic E-state index is 0.980. The molecule has 0 N–H and O–H groups in total. The molecule has 0 saturated heterocycles. The zero-order valence-electron chi connectivity index (χ0n) is 8.67. The van der Waals surface area contributed by atoms with Crippen molar-refractivity contribution in [3.8, 4) is 0 Å². The maximum atomic E-state index is 4.21. The Morgan fingerprint density at radius 3 is 2.31 bits per heavy atom. The van der Waals surface area contributed by atoms with E-state index in [1.807, 2.05) is 32.9 Å². The maximum absolute atomic E-state index is 4.21. The van der Waals surface area contributed by atoms with E-state index in [-0.39, 0.29) is 0 Å². The van der Waals surface area contributed by atoms with E-state index in [4.69, 9.17) is 0 Å². The third-order valence-electron chi connectivity index (χ3n) is 1.57. The third kappa shape index (κ3) is 4.26. The van der Waals surface area contributed by atoms with Gasteiger partial charge in [0.05, 0.1) is 0 Å².